The Morgan fingerprint density at radius 3 is 2.64 bits per heavy atom. The standard InChI is InChI=1S/C18H34N4OS.HI/c1-14(23-7)16-21-15(13-24-16)12-22(6)17(19-5)20-11-9-8-10-18(2,3)4;/h13-14H,8-12H2,1-7H3,(H,19,20);1H. The van der Waals surface area contributed by atoms with Crippen molar-refractivity contribution < 1.29 is 4.74 Å². The maximum absolute atomic E-state index is 5.32. The number of ether oxygens (including phenoxy) is 1. The summed E-state index contributed by atoms with van der Waals surface area (Å²) in [6.07, 6.45) is 3.70. The van der Waals surface area contributed by atoms with Gasteiger partial charge in [-0.25, -0.2) is 4.98 Å². The number of guanidine groups is 1. The molecule has 5 nitrogen and oxygen atoms in total. The molecule has 0 fully saturated rings. The highest BCUT2D eigenvalue weighted by molar-refractivity contribution is 14.0. The van der Waals surface area contributed by atoms with Gasteiger partial charge in [-0.3, -0.25) is 4.99 Å². The van der Waals surface area contributed by atoms with Crippen LogP contribution in [0.1, 0.15) is 63.8 Å². The molecule has 0 bridgehead atoms. The molecule has 1 aromatic heterocycles. The minimum atomic E-state index is 0. The molecule has 1 atom stereocenters. The van der Waals surface area contributed by atoms with Gasteiger partial charge in [-0.1, -0.05) is 27.2 Å². The number of aromatic nitrogens is 1. The third kappa shape index (κ3) is 9.75. The molecule has 0 aliphatic rings. The van der Waals surface area contributed by atoms with Gasteiger partial charge in [0.1, 0.15) is 11.1 Å². The van der Waals surface area contributed by atoms with Crippen molar-refractivity contribution in [3.63, 3.8) is 0 Å². The van der Waals surface area contributed by atoms with E-state index in [2.05, 4.69) is 46.3 Å². The van der Waals surface area contributed by atoms with Crippen LogP contribution in [0.3, 0.4) is 0 Å². The molecule has 0 saturated carbocycles. The van der Waals surface area contributed by atoms with Crippen molar-refractivity contribution in [1.29, 1.82) is 0 Å². The third-order valence-electron chi connectivity index (χ3n) is 3.88. The molecule has 0 aromatic carbocycles. The molecule has 1 aromatic rings. The first kappa shape index (κ1) is 24.6. The highest BCUT2D eigenvalue weighted by Crippen LogP contribution is 2.22. The number of hydrogen-bond donors (Lipinski definition) is 1. The predicted molar refractivity (Wildman–Crippen MR) is 119 cm³/mol. The van der Waals surface area contributed by atoms with Gasteiger partial charge in [0, 0.05) is 33.1 Å². The number of unbranched alkanes of at least 4 members (excludes halogenated alkanes) is 1. The number of halogens is 1. The van der Waals surface area contributed by atoms with Crippen LogP contribution in [-0.4, -0.2) is 43.6 Å². The molecule has 0 spiro atoms. The monoisotopic (exact) mass is 482 g/mol. The zero-order valence-electron chi connectivity index (χ0n) is 16.8. The molecule has 0 aliphatic carbocycles. The first-order chi connectivity index (χ1) is 11.3. The van der Waals surface area contributed by atoms with E-state index in [1.165, 1.54) is 12.8 Å². The Bertz CT molecular complexity index is 513. The van der Waals surface area contributed by atoms with Crippen LogP contribution in [0.25, 0.3) is 0 Å². The lowest BCUT2D eigenvalue weighted by Gasteiger charge is -2.22. The number of aliphatic imine (C=N–C) groups is 1. The van der Waals surface area contributed by atoms with Crippen molar-refractivity contribution in [3.05, 3.63) is 16.1 Å². The fourth-order valence-corrected chi connectivity index (χ4v) is 3.21. The van der Waals surface area contributed by atoms with Gasteiger partial charge in [-0.05, 0) is 25.2 Å². The summed E-state index contributed by atoms with van der Waals surface area (Å²) in [6.45, 7) is 10.6. The Balaban J connectivity index is 0.00000576. The van der Waals surface area contributed by atoms with E-state index in [-0.39, 0.29) is 30.1 Å². The maximum Gasteiger partial charge on any atom is 0.193 e. The lowest BCUT2D eigenvalue weighted by atomic mass is 9.90. The molecule has 0 amide bonds. The van der Waals surface area contributed by atoms with E-state index in [0.717, 1.165) is 36.2 Å². The minimum absolute atomic E-state index is 0. The second-order valence-corrected chi connectivity index (χ2v) is 8.29. The van der Waals surface area contributed by atoms with Gasteiger partial charge < -0.3 is 15.0 Å². The maximum atomic E-state index is 5.32. The molecule has 25 heavy (non-hydrogen) atoms. The summed E-state index contributed by atoms with van der Waals surface area (Å²) in [7, 11) is 5.58. The number of methoxy groups -OCH3 is 1. The van der Waals surface area contributed by atoms with E-state index < -0.39 is 0 Å². The molecule has 1 rings (SSSR count). The van der Waals surface area contributed by atoms with E-state index in [9.17, 15) is 0 Å². The van der Waals surface area contributed by atoms with Gasteiger partial charge in [0.15, 0.2) is 5.96 Å². The highest BCUT2D eigenvalue weighted by atomic mass is 127. The minimum Gasteiger partial charge on any atom is -0.375 e. The Morgan fingerprint density at radius 1 is 1.40 bits per heavy atom. The number of thiazole rings is 1. The van der Waals surface area contributed by atoms with Crippen LogP contribution >= 0.6 is 35.3 Å². The van der Waals surface area contributed by atoms with Crippen molar-refractivity contribution in [2.45, 2.75) is 59.6 Å². The quantitative estimate of drug-likeness (QED) is 0.253. The molecule has 0 saturated heterocycles. The van der Waals surface area contributed by atoms with Crippen molar-refractivity contribution in [2.75, 3.05) is 27.7 Å². The Labute approximate surface area is 174 Å². The fourth-order valence-electron chi connectivity index (χ4n) is 2.37. The van der Waals surface area contributed by atoms with Crippen LogP contribution in [0.4, 0.5) is 0 Å². The zero-order valence-corrected chi connectivity index (χ0v) is 19.9. The summed E-state index contributed by atoms with van der Waals surface area (Å²) in [4.78, 5) is 11.1. The van der Waals surface area contributed by atoms with E-state index in [4.69, 9.17) is 4.74 Å². The van der Waals surface area contributed by atoms with E-state index in [1.54, 1.807) is 18.4 Å². The fraction of sp³-hybridized carbons (Fsp3) is 0.778. The summed E-state index contributed by atoms with van der Waals surface area (Å²) in [5.41, 5.74) is 1.47. The molecular formula is C18H35IN4OS. The number of rotatable bonds is 8. The van der Waals surface area contributed by atoms with Gasteiger partial charge in [0.05, 0.1) is 12.2 Å². The number of hydrogen-bond acceptors (Lipinski definition) is 4. The average Bonchev–Trinajstić information content (AvgIpc) is 2.97. The first-order valence-electron chi connectivity index (χ1n) is 8.65. The van der Waals surface area contributed by atoms with Crippen molar-refractivity contribution in [2.24, 2.45) is 10.4 Å². The third-order valence-corrected chi connectivity index (χ3v) is 4.93. The van der Waals surface area contributed by atoms with Gasteiger partial charge in [0.2, 0.25) is 0 Å². The van der Waals surface area contributed by atoms with Crippen LogP contribution in [-0.2, 0) is 11.3 Å². The normalized spacial score (nSPS) is 13.3. The summed E-state index contributed by atoms with van der Waals surface area (Å²) in [6, 6.07) is 0. The van der Waals surface area contributed by atoms with Crippen molar-refractivity contribution in [1.82, 2.24) is 15.2 Å². The zero-order chi connectivity index (χ0) is 18.2. The number of nitrogens with zero attached hydrogens (tertiary/aromatic N) is 3. The van der Waals surface area contributed by atoms with Crippen LogP contribution in [0.15, 0.2) is 10.4 Å². The lowest BCUT2D eigenvalue weighted by molar-refractivity contribution is 0.119. The molecule has 1 N–H and O–H groups in total. The lowest BCUT2D eigenvalue weighted by Crippen LogP contribution is -2.39. The van der Waals surface area contributed by atoms with E-state index >= 15 is 0 Å². The van der Waals surface area contributed by atoms with Gasteiger partial charge in [0.25, 0.3) is 0 Å². The van der Waals surface area contributed by atoms with Crippen LogP contribution in [0.5, 0.6) is 0 Å². The topological polar surface area (TPSA) is 49.8 Å². The average molecular weight is 482 g/mol. The summed E-state index contributed by atoms with van der Waals surface area (Å²) in [5.74, 6) is 0.917. The summed E-state index contributed by atoms with van der Waals surface area (Å²) in [5, 5.41) is 6.56. The highest BCUT2D eigenvalue weighted by Gasteiger charge is 2.13. The molecular weight excluding hydrogens is 447 g/mol. The predicted octanol–water partition coefficient (Wildman–Crippen LogP) is 4.69. The molecule has 0 aliphatic heterocycles. The Morgan fingerprint density at radius 2 is 2.08 bits per heavy atom. The SMILES string of the molecule is CN=C(NCCCCC(C)(C)C)N(C)Cc1csc(C(C)OC)n1.I. The van der Waals surface area contributed by atoms with Crippen LogP contribution < -0.4 is 5.32 Å². The second-order valence-electron chi connectivity index (χ2n) is 7.40. The van der Waals surface area contributed by atoms with Gasteiger partial charge >= 0.3 is 0 Å². The van der Waals surface area contributed by atoms with Crippen LogP contribution in [0, 0.1) is 5.41 Å². The molecule has 7 heteroatoms. The van der Waals surface area contributed by atoms with Gasteiger partial charge in [-0.2, -0.15) is 0 Å². The molecule has 146 valence electrons. The van der Waals surface area contributed by atoms with E-state index in [0.29, 0.717) is 5.41 Å². The van der Waals surface area contributed by atoms with Crippen molar-refractivity contribution >= 4 is 41.3 Å². The molecule has 1 unspecified atom stereocenters. The summed E-state index contributed by atoms with van der Waals surface area (Å²) < 4.78 is 5.32. The van der Waals surface area contributed by atoms with Crippen LogP contribution in [0.2, 0.25) is 0 Å². The smallest absolute Gasteiger partial charge is 0.193 e. The first-order valence-corrected chi connectivity index (χ1v) is 9.53. The largest absolute Gasteiger partial charge is 0.375 e. The summed E-state index contributed by atoms with van der Waals surface area (Å²) >= 11 is 1.65. The Hall–Kier alpha value is -0.410. The van der Waals surface area contributed by atoms with Crippen molar-refractivity contribution in [3.8, 4) is 0 Å². The van der Waals surface area contributed by atoms with Gasteiger partial charge in [-0.15, -0.1) is 35.3 Å². The van der Waals surface area contributed by atoms with E-state index in [1.807, 2.05) is 21.0 Å². The molecule has 1 heterocycles. The Kier molecular flexibility index (Phi) is 11.9. The number of nitrogens with one attached hydrogen (secondary N) is 1. The molecule has 0 radical (unpaired) electrons. The second kappa shape index (κ2) is 12.1.